The van der Waals surface area contributed by atoms with Gasteiger partial charge in [0.15, 0.2) is 0 Å². The number of piperazine rings is 1. The van der Waals surface area contributed by atoms with E-state index in [2.05, 4.69) is 61.4 Å². The number of rotatable bonds is 2. The highest BCUT2D eigenvalue weighted by molar-refractivity contribution is 4.71. The Kier molecular flexibility index (Phi) is 8.79. The molecule has 0 spiro atoms. The lowest BCUT2D eigenvalue weighted by molar-refractivity contribution is 0.126. The lowest BCUT2D eigenvalue weighted by Crippen LogP contribution is -2.47. The minimum Gasteiger partial charge on any atom is -0.305 e. The minimum atomic E-state index is 0.724. The van der Waals surface area contributed by atoms with Crippen molar-refractivity contribution in [2.75, 3.05) is 66.5 Å². The SMILES string of the molecule is CC(C)N1CCCN(C)CC1.CC(C)N1CCN(C)CC1. The molecule has 126 valence electrons. The van der Waals surface area contributed by atoms with Crippen LogP contribution < -0.4 is 0 Å². The first-order valence-corrected chi connectivity index (χ1v) is 8.75. The predicted molar refractivity (Wildman–Crippen MR) is 93.0 cm³/mol. The van der Waals surface area contributed by atoms with E-state index < -0.39 is 0 Å². The average Bonchev–Trinajstić information content (AvgIpc) is 2.65. The predicted octanol–water partition coefficient (Wildman–Crippen LogP) is 1.67. The number of likely N-dealkylation sites (N-methyl/N-ethyl adjacent to an activating group) is 2. The van der Waals surface area contributed by atoms with Gasteiger partial charge in [-0.2, -0.15) is 0 Å². The van der Waals surface area contributed by atoms with Gasteiger partial charge in [0.2, 0.25) is 0 Å². The Morgan fingerprint density at radius 2 is 0.905 bits per heavy atom. The highest BCUT2D eigenvalue weighted by Crippen LogP contribution is 2.04. The first-order valence-electron chi connectivity index (χ1n) is 8.75. The summed E-state index contributed by atoms with van der Waals surface area (Å²) in [5.74, 6) is 0. The summed E-state index contributed by atoms with van der Waals surface area (Å²) in [6.07, 6.45) is 1.33. The Morgan fingerprint density at radius 3 is 1.33 bits per heavy atom. The smallest absolute Gasteiger partial charge is 0.0112 e. The van der Waals surface area contributed by atoms with E-state index in [9.17, 15) is 0 Å². The van der Waals surface area contributed by atoms with Gasteiger partial charge in [-0.05, 0) is 61.3 Å². The minimum absolute atomic E-state index is 0.724. The zero-order chi connectivity index (χ0) is 15.8. The van der Waals surface area contributed by atoms with Gasteiger partial charge in [0.25, 0.3) is 0 Å². The molecule has 0 unspecified atom stereocenters. The molecule has 0 amide bonds. The first kappa shape index (κ1) is 18.9. The molecule has 0 bridgehead atoms. The van der Waals surface area contributed by atoms with Crippen LogP contribution in [0.25, 0.3) is 0 Å². The molecular formula is C17H38N4. The zero-order valence-electron chi connectivity index (χ0n) is 15.3. The summed E-state index contributed by atoms with van der Waals surface area (Å²) in [5, 5.41) is 0. The molecule has 2 aliphatic heterocycles. The van der Waals surface area contributed by atoms with Gasteiger partial charge < -0.3 is 9.80 Å². The third kappa shape index (κ3) is 7.59. The van der Waals surface area contributed by atoms with Crippen LogP contribution in [0.2, 0.25) is 0 Å². The fourth-order valence-electron chi connectivity index (χ4n) is 2.92. The van der Waals surface area contributed by atoms with Crippen molar-refractivity contribution in [3.8, 4) is 0 Å². The van der Waals surface area contributed by atoms with Gasteiger partial charge in [0, 0.05) is 51.4 Å². The van der Waals surface area contributed by atoms with Crippen LogP contribution >= 0.6 is 0 Å². The summed E-state index contributed by atoms with van der Waals surface area (Å²) in [6, 6.07) is 1.45. The summed E-state index contributed by atoms with van der Waals surface area (Å²) in [4.78, 5) is 9.89. The average molecular weight is 299 g/mol. The van der Waals surface area contributed by atoms with Crippen molar-refractivity contribution in [1.29, 1.82) is 0 Å². The zero-order valence-corrected chi connectivity index (χ0v) is 15.3. The summed E-state index contributed by atoms with van der Waals surface area (Å²) >= 11 is 0. The second-order valence-electron chi connectivity index (χ2n) is 7.22. The highest BCUT2D eigenvalue weighted by Gasteiger charge is 2.15. The first-order chi connectivity index (χ1) is 9.90. The van der Waals surface area contributed by atoms with E-state index in [-0.39, 0.29) is 0 Å². The van der Waals surface area contributed by atoms with Crippen molar-refractivity contribution < 1.29 is 0 Å². The van der Waals surface area contributed by atoms with Crippen LogP contribution in [0.3, 0.4) is 0 Å². The number of hydrogen-bond acceptors (Lipinski definition) is 4. The Hall–Kier alpha value is -0.160. The van der Waals surface area contributed by atoms with E-state index in [1.807, 2.05) is 0 Å². The van der Waals surface area contributed by atoms with Gasteiger partial charge in [-0.15, -0.1) is 0 Å². The molecule has 0 saturated carbocycles. The molecule has 0 aromatic heterocycles. The maximum atomic E-state index is 2.56. The molecule has 0 aliphatic carbocycles. The van der Waals surface area contributed by atoms with E-state index in [1.54, 1.807) is 0 Å². The van der Waals surface area contributed by atoms with Crippen molar-refractivity contribution >= 4 is 0 Å². The standard InChI is InChI=1S/C9H20N2.C8H18N2/c1-9(2)11-6-4-5-10(3)7-8-11;1-8(2)10-6-4-9(3)5-7-10/h9H,4-8H2,1-3H3;8H,4-7H2,1-3H3. The lowest BCUT2D eigenvalue weighted by atomic mass is 10.2. The quantitative estimate of drug-likeness (QED) is 0.769. The van der Waals surface area contributed by atoms with E-state index in [0.717, 1.165) is 12.1 Å². The molecule has 2 heterocycles. The topological polar surface area (TPSA) is 13.0 Å². The van der Waals surface area contributed by atoms with Crippen molar-refractivity contribution in [3.63, 3.8) is 0 Å². The second-order valence-corrected chi connectivity index (χ2v) is 7.22. The fourth-order valence-corrected chi connectivity index (χ4v) is 2.92. The van der Waals surface area contributed by atoms with Crippen LogP contribution in [0.1, 0.15) is 34.1 Å². The van der Waals surface area contributed by atoms with Crippen LogP contribution in [0, 0.1) is 0 Å². The van der Waals surface area contributed by atoms with Gasteiger partial charge in [0.1, 0.15) is 0 Å². The van der Waals surface area contributed by atoms with Crippen molar-refractivity contribution in [1.82, 2.24) is 19.6 Å². The molecule has 2 saturated heterocycles. The van der Waals surface area contributed by atoms with Crippen molar-refractivity contribution in [2.45, 2.75) is 46.2 Å². The lowest BCUT2D eigenvalue weighted by Gasteiger charge is -2.34. The van der Waals surface area contributed by atoms with Crippen LogP contribution in [0.15, 0.2) is 0 Å². The molecule has 0 radical (unpaired) electrons. The molecular weight excluding hydrogens is 260 g/mol. The summed E-state index contributed by atoms with van der Waals surface area (Å²) in [5.41, 5.74) is 0. The van der Waals surface area contributed by atoms with E-state index in [0.29, 0.717) is 0 Å². The van der Waals surface area contributed by atoms with Gasteiger partial charge in [-0.3, -0.25) is 9.80 Å². The van der Waals surface area contributed by atoms with Crippen molar-refractivity contribution in [2.24, 2.45) is 0 Å². The van der Waals surface area contributed by atoms with Crippen LogP contribution in [0.5, 0.6) is 0 Å². The molecule has 0 atom stereocenters. The Bertz CT molecular complexity index is 260. The van der Waals surface area contributed by atoms with E-state index in [4.69, 9.17) is 0 Å². The maximum Gasteiger partial charge on any atom is 0.0112 e. The maximum absolute atomic E-state index is 2.56. The molecule has 0 aromatic rings. The monoisotopic (exact) mass is 298 g/mol. The molecule has 0 N–H and O–H groups in total. The largest absolute Gasteiger partial charge is 0.305 e. The van der Waals surface area contributed by atoms with E-state index >= 15 is 0 Å². The molecule has 0 aromatic carbocycles. The molecule has 4 nitrogen and oxygen atoms in total. The second kappa shape index (κ2) is 9.78. The Labute approximate surface area is 133 Å². The van der Waals surface area contributed by atoms with Crippen LogP contribution in [-0.4, -0.2) is 98.1 Å². The number of hydrogen-bond donors (Lipinski definition) is 0. The molecule has 21 heavy (non-hydrogen) atoms. The Morgan fingerprint density at radius 1 is 0.524 bits per heavy atom. The summed E-state index contributed by atoms with van der Waals surface area (Å²) in [6.45, 7) is 19.1. The fraction of sp³-hybridized carbons (Fsp3) is 1.00. The van der Waals surface area contributed by atoms with Gasteiger partial charge in [-0.1, -0.05) is 0 Å². The summed E-state index contributed by atoms with van der Waals surface area (Å²) in [7, 11) is 4.40. The molecule has 2 fully saturated rings. The van der Waals surface area contributed by atoms with Gasteiger partial charge in [-0.25, -0.2) is 0 Å². The van der Waals surface area contributed by atoms with Crippen molar-refractivity contribution in [3.05, 3.63) is 0 Å². The third-order valence-corrected chi connectivity index (χ3v) is 4.75. The Balaban J connectivity index is 0.000000211. The molecule has 2 rings (SSSR count). The highest BCUT2D eigenvalue weighted by atomic mass is 15.3. The normalized spacial score (nSPS) is 24.0. The van der Waals surface area contributed by atoms with Crippen LogP contribution in [-0.2, 0) is 0 Å². The van der Waals surface area contributed by atoms with Crippen LogP contribution in [0.4, 0.5) is 0 Å². The molecule has 4 heteroatoms. The number of nitrogens with zero attached hydrogens (tertiary/aromatic N) is 4. The third-order valence-electron chi connectivity index (χ3n) is 4.75. The van der Waals surface area contributed by atoms with Gasteiger partial charge in [0.05, 0.1) is 0 Å². The summed E-state index contributed by atoms with van der Waals surface area (Å²) < 4.78 is 0. The van der Waals surface area contributed by atoms with E-state index in [1.165, 1.54) is 58.8 Å². The van der Waals surface area contributed by atoms with Gasteiger partial charge >= 0.3 is 0 Å². The molecule has 2 aliphatic rings.